The van der Waals surface area contributed by atoms with Crippen LogP contribution in [0.3, 0.4) is 0 Å². The fraction of sp³-hybridized carbons (Fsp3) is 0.286. The SMILES string of the molecule is COCCNS(=O)(=O)c1ccc(OCC(=O)N2C[C@H](C(=O)NCCc3ccccc3)Oc3ccccc32)cc1. The number of sulfonamides is 1. The minimum absolute atomic E-state index is 0.0285. The van der Waals surface area contributed by atoms with Gasteiger partial charge in [-0.05, 0) is 48.4 Å². The standard InChI is InChI=1S/C28H31N3O7S/c1-36-18-17-30-39(34,35)23-13-11-22(12-14-23)37-20-27(32)31-19-26(38-25-10-6-5-9-24(25)31)28(33)29-16-15-21-7-3-2-4-8-21/h2-14,26,30H,15-20H2,1H3,(H,29,33)/t26-/m1/s1. The molecule has 0 unspecified atom stereocenters. The van der Waals surface area contributed by atoms with Crippen molar-refractivity contribution in [1.29, 1.82) is 0 Å². The van der Waals surface area contributed by atoms with E-state index in [-0.39, 0.29) is 43.0 Å². The Balaban J connectivity index is 1.36. The molecule has 0 saturated heterocycles. The second-order valence-electron chi connectivity index (χ2n) is 8.76. The summed E-state index contributed by atoms with van der Waals surface area (Å²) in [5.74, 6) is 0.0765. The number of rotatable bonds is 12. The van der Waals surface area contributed by atoms with Gasteiger partial charge in [-0.2, -0.15) is 0 Å². The molecule has 1 aliphatic rings. The van der Waals surface area contributed by atoms with Gasteiger partial charge in [0.15, 0.2) is 12.7 Å². The molecule has 0 bridgehead atoms. The lowest BCUT2D eigenvalue weighted by Gasteiger charge is -2.34. The van der Waals surface area contributed by atoms with Gasteiger partial charge in [0, 0.05) is 20.2 Å². The zero-order chi connectivity index (χ0) is 27.7. The number of benzene rings is 3. The van der Waals surface area contributed by atoms with Gasteiger partial charge in [0.2, 0.25) is 10.0 Å². The highest BCUT2D eigenvalue weighted by atomic mass is 32.2. The first kappa shape index (κ1) is 28.1. The van der Waals surface area contributed by atoms with Gasteiger partial charge >= 0.3 is 0 Å². The molecule has 0 aliphatic carbocycles. The Morgan fingerprint density at radius 2 is 1.69 bits per heavy atom. The van der Waals surface area contributed by atoms with Crippen LogP contribution in [0.15, 0.2) is 83.8 Å². The summed E-state index contributed by atoms with van der Waals surface area (Å²) in [7, 11) is -2.20. The Morgan fingerprint density at radius 3 is 2.44 bits per heavy atom. The van der Waals surface area contributed by atoms with Gasteiger partial charge in [0.05, 0.1) is 23.7 Å². The molecule has 11 heteroatoms. The van der Waals surface area contributed by atoms with Crippen molar-refractivity contribution in [2.45, 2.75) is 17.4 Å². The number of nitrogens with zero attached hydrogens (tertiary/aromatic N) is 1. The third kappa shape index (κ3) is 7.56. The van der Waals surface area contributed by atoms with Crippen molar-refractivity contribution in [3.05, 3.63) is 84.4 Å². The number of nitrogens with one attached hydrogen (secondary N) is 2. The van der Waals surface area contributed by atoms with E-state index in [0.717, 1.165) is 5.56 Å². The average Bonchev–Trinajstić information content (AvgIpc) is 2.96. The van der Waals surface area contributed by atoms with Gasteiger partial charge < -0.3 is 24.4 Å². The summed E-state index contributed by atoms with van der Waals surface area (Å²) in [4.78, 5) is 27.6. The predicted octanol–water partition coefficient (Wildman–Crippen LogP) is 2.14. The van der Waals surface area contributed by atoms with Crippen LogP contribution in [-0.2, 0) is 30.8 Å². The summed E-state index contributed by atoms with van der Waals surface area (Å²) in [6.45, 7) is 0.562. The summed E-state index contributed by atoms with van der Waals surface area (Å²) in [5.41, 5.74) is 1.65. The Morgan fingerprint density at radius 1 is 0.974 bits per heavy atom. The maximum absolute atomic E-state index is 13.2. The zero-order valence-corrected chi connectivity index (χ0v) is 22.4. The second kappa shape index (κ2) is 13.2. The topological polar surface area (TPSA) is 123 Å². The van der Waals surface area contributed by atoms with Crippen LogP contribution >= 0.6 is 0 Å². The fourth-order valence-corrected chi connectivity index (χ4v) is 5.01. The number of carbonyl (C=O) groups excluding carboxylic acids is 2. The lowest BCUT2D eigenvalue weighted by atomic mass is 10.1. The number of hydrogen-bond acceptors (Lipinski definition) is 7. The van der Waals surface area contributed by atoms with E-state index in [0.29, 0.717) is 30.2 Å². The Hall–Kier alpha value is -3.93. The number of carbonyl (C=O) groups is 2. The minimum atomic E-state index is -3.68. The Bertz CT molecular complexity index is 1370. The van der Waals surface area contributed by atoms with E-state index >= 15 is 0 Å². The van der Waals surface area contributed by atoms with Crippen LogP contribution < -0.4 is 24.4 Å². The van der Waals surface area contributed by atoms with Gasteiger partial charge in [0.25, 0.3) is 11.8 Å². The van der Waals surface area contributed by atoms with Crippen molar-refractivity contribution in [3.8, 4) is 11.5 Å². The van der Waals surface area contributed by atoms with Gasteiger partial charge in [0.1, 0.15) is 11.5 Å². The number of fused-ring (bicyclic) bond motifs is 1. The Labute approximate surface area is 227 Å². The van der Waals surface area contributed by atoms with Crippen molar-refractivity contribution >= 4 is 27.5 Å². The average molecular weight is 554 g/mol. The van der Waals surface area contributed by atoms with Gasteiger partial charge in [-0.15, -0.1) is 0 Å². The van der Waals surface area contributed by atoms with Crippen LogP contribution in [0.1, 0.15) is 5.56 Å². The third-order valence-corrected chi connectivity index (χ3v) is 7.49. The molecular weight excluding hydrogens is 522 g/mol. The molecule has 3 aromatic rings. The van der Waals surface area contributed by atoms with Crippen molar-refractivity contribution < 1.29 is 32.2 Å². The van der Waals surface area contributed by atoms with Crippen molar-refractivity contribution in [2.24, 2.45) is 0 Å². The molecule has 0 aromatic heterocycles. The first-order valence-corrected chi connectivity index (χ1v) is 13.9. The lowest BCUT2D eigenvalue weighted by molar-refractivity contribution is -0.128. The Kier molecular flexibility index (Phi) is 9.53. The molecule has 1 atom stereocenters. The molecule has 4 rings (SSSR count). The van der Waals surface area contributed by atoms with Crippen molar-refractivity contribution in [2.75, 3.05) is 44.9 Å². The van der Waals surface area contributed by atoms with E-state index in [9.17, 15) is 18.0 Å². The summed E-state index contributed by atoms with van der Waals surface area (Å²) >= 11 is 0. The van der Waals surface area contributed by atoms with Gasteiger partial charge in [-0.1, -0.05) is 42.5 Å². The molecule has 3 aromatic carbocycles. The number of methoxy groups -OCH3 is 1. The first-order chi connectivity index (χ1) is 18.9. The quantitative estimate of drug-likeness (QED) is 0.330. The van der Waals surface area contributed by atoms with Crippen LogP contribution in [0.25, 0.3) is 0 Å². The molecule has 0 radical (unpaired) electrons. The largest absolute Gasteiger partial charge is 0.484 e. The highest BCUT2D eigenvalue weighted by molar-refractivity contribution is 7.89. The van der Waals surface area contributed by atoms with Crippen LogP contribution in [0.5, 0.6) is 11.5 Å². The smallest absolute Gasteiger partial charge is 0.265 e. The summed E-state index contributed by atoms with van der Waals surface area (Å²) in [5, 5.41) is 2.89. The van der Waals surface area contributed by atoms with E-state index in [4.69, 9.17) is 14.2 Å². The van der Waals surface area contributed by atoms with Gasteiger partial charge in [-0.25, -0.2) is 13.1 Å². The number of anilines is 1. The summed E-state index contributed by atoms with van der Waals surface area (Å²) in [6, 6.07) is 22.6. The van der Waals surface area contributed by atoms with E-state index < -0.39 is 16.1 Å². The highest BCUT2D eigenvalue weighted by Crippen LogP contribution is 2.33. The fourth-order valence-electron chi connectivity index (χ4n) is 4.00. The summed E-state index contributed by atoms with van der Waals surface area (Å²) in [6.07, 6.45) is -0.204. The minimum Gasteiger partial charge on any atom is -0.484 e. The third-order valence-electron chi connectivity index (χ3n) is 6.02. The number of para-hydroxylation sites is 2. The normalized spacial score (nSPS) is 14.7. The second-order valence-corrected chi connectivity index (χ2v) is 10.5. The van der Waals surface area contributed by atoms with Crippen LogP contribution in [0.4, 0.5) is 5.69 Å². The number of ether oxygens (including phenoxy) is 3. The van der Waals surface area contributed by atoms with Crippen LogP contribution in [-0.4, -0.2) is 66.3 Å². The van der Waals surface area contributed by atoms with Crippen LogP contribution in [0, 0.1) is 0 Å². The first-order valence-electron chi connectivity index (χ1n) is 12.5. The maximum Gasteiger partial charge on any atom is 0.265 e. The predicted molar refractivity (Wildman–Crippen MR) is 145 cm³/mol. The van der Waals surface area contributed by atoms with Gasteiger partial charge in [-0.3, -0.25) is 9.59 Å². The van der Waals surface area contributed by atoms with E-state index in [1.165, 1.54) is 36.3 Å². The highest BCUT2D eigenvalue weighted by Gasteiger charge is 2.33. The van der Waals surface area contributed by atoms with Crippen molar-refractivity contribution in [3.63, 3.8) is 0 Å². The van der Waals surface area contributed by atoms with E-state index in [1.54, 1.807) is 24.3 Å². The molecule has 206 valence electrons. The van der Waals surface area contributed by atoms with E-state index in [2.05, 4.69) is 10.0 Å². The molecule has 10 nitrogen and oxygen atoms in total. The lowest BCUT2D eigenvalue weighted by Crippen LogP contribution is -2.52. The van der Waals surface area contributed by atoms with Crippen LogP contribution in [0.2, 0.25) is 0 Å². The number of amides is 2. The molecule has 1 heterocycles. The molecule has 0 saturated carbocycles. The molecule has 1 aliphatic heterocycles. The number of hydrogen-bond donors (Lipinski definition) is 2. The monoisotopic (exact) mass is 553 g/mol. The zero-order valence-electron chi connectivity index (χ0n) is 21.5. The molecule has 0 fully saturated rings. The molecule has 39 heavy (non-hydrogen) atoms. The molecule has 0 spiro atoms. The maximum atomic E-state index is 13.2. The molecule has 2 amide bonds. The van der Waals surface area contributed by atoms with E-state index in [1.807, 2.05) is 30.3 Å². The summed E-state index contributed by atoms with van der Waals surface area (Å²) < 4.78 is 43.5. The van der Waals surface area contributed by atoms with Crippen molar-refractivity contribution in [1.82, 2.24) is 10.0 Å². The molecular formula is C28H31N3O7S. The molecule has 2 N–H and O–H groups in total.